The molecule has 0 spiro atoms. The van der Waals surface area contributed by atoms with Crippen LogP contribution in [0.4, 0.5) is 0 Å². The van der Waals surface area contributed by atoms with E-state index >= 15 is 0 Å². The normalized spacial score (nSPS) is 13.5. The highest BCUT2D eigenvalue weighted by Crippen LogP contribution is 2.36. The fourth-order valence-corrected chi connectivity index (χ4v) is 5.48. The maximum atomic E-state index is 12.4. The lowest BCUT2D eigenvalue weighted by molar-refractivity contribution is -0.161. The van der Waals surface area contributed by atoms with Crippen LogP contribution in [0.15, 0.2) is 97.2 Å². The largest absolute Gasteiger partial charge is 0.469 e. The first-order chi connectivity index (χ1) is 26.3. The smallest absolute Gasteiger partial charge is 0.462 e. The highest BCUT2D eigenvalue weighted by atomic mass is 31.2. The lowest BCUT2D eigenvalue weighted by atomic mass is 10.1. The number of rotatable bonds is 36. The second-order valence-electron chi connectivity index (χ2n) is 13.2. The first-order valence-corrected chi connectivity index (χ1v) is 22.1. The number of hydrogen-bond acceptors (Lipinski definition) is 6. The number of allylic oxidation sites excluding steroid dienone is 16. The molecule has 1 unspecified atom stereocenters. The van der Waals surface area contributed by atoms with E-state index in [-0.39, 0.29) is 19.4 Å². The second kappa shape index (κ2) is 39.7. The molecule has 1 atom stereocenters. The summed E-state index contributed by atoms with van der Waals surface area (Å²) in [4.78, 5) is 42.8. The van der Waals surface area contributed by atoms with E-state index in [0.29, 0.717) is 12.8 Å². The van der Waals surface area contributed by atoms with Gasteiger partial charge in [0.25, 0.3) is 0 Å². The van der Waals surface area contributed by atoms with E-state index in [2.05, 4.69) is 116 Å². The van der Waals surface area contributed by atoms with Crippen LogP contribution in [0.25, 0.3) is 0 Å². The predicted molar refractivity (Wildman–Crippen MR) is 225 cm³/mol. The predicted octanol–water partition coefficient (Wildman–Crippen LogP) is 12.6. The molecular formula is C45H73O8P. The molecule has 0 aromatic carbocycles. The molecule has 0 amide bonds. The van der Waals surface area contributed by atoms with Crippen LogP contribution in [0.1, 0.15) is 155 Å². The molecule has 0 aromatic heterocycles. The quantitative estimate of drug-likeness (QED) is 0.0280. The van der Waals surface area contributed by atoms with Crippen LogP contribution in [0.3, 0.4) is 0 Å². The Labute approximate surface area is 328 Å². The summed E-state index contributed by atoms with van der Waals surface area (Å²) in [6.45, 7) is 3.40. The zero-order chi connectivity index (χ0) is 39.6. The Morgan fingerprint density at radius 1 is 0.481 bits per heavy atom. The van der Waals surface area contributed by atoms with Crippen LogP contribution in [0, 0.1) is 0 Å². The van der Waals surface area contributed by atoms with Crippen LogP contribution >= 0.6 is 7.82 Å². The van der Waals surface area contributed by atoms with Crippen LogP contribution in [0.5, 0.6) is 0 Å². The van der Waals surface area contributed by atoms with Crippen molar-refractivity contribution in [1.29, 1.82) is 0 Å². The average Bonchev–Trinajstić information content (AvgIpc) is 3.14. The molecule has 0 aromatic rings. The van der Waals surface area contributed by atoms with Gasteiger partial charge in [0, 0.05) is 12.8 Å². The third-order valence-electron chi connectivity index (χ3n) is 8.10. The summed E-state index contributed by atoms with van der Waals surface area (Å²) >= 11 is 0. The number of phosphoric acid groups is 1. The van der Waals surface area contributed by atoms with E-state index in [9.17, 15) is 14.2 Å². The Morgan fingerprint density at radius 3 is 1.28 bits per heavy atom. The van der Waals surface area contributed by atoms with Crippen molar-refractivity contribution >= 4 is 19.8 Å². The van der Waals surface area contributed by atoms with Gasteiger partial charge >= 0.3 is 19.8 Å². The SMILES string of the molecule is CC/C=C\C/C=C\C/C=C\C/C=C\CCCCCCCCCCC(=O)OC(COC(=O)CCCC/C=C\C/C=C\C/C=C\C/C=C\CC)COP(=O)(O)O. The fraction of sp³-hybridized carbons (Fsp3) is 0.600. The molecule has 0 radical (unpaired) electrons. The number of esters is 2. The molecule has 2 N–H and O–H groups in total. The summed E-state index contributed by atoms with van der Waals surface area (Å²) in [6.07, 6.45) is 54.1. The number of hydrogen-bond donors (Lipinski definition) is 2. The van der Waals surface area contributed by atoms with Crippen LogP contribution < -0.4 is 0 Å². The van der Waals surface area contributed by atoms with Crippen molar-refractivity contribution in [3.63, 3.8) is 0 Å². The van der Waals surface area contributed by atoms with E-state index in [0.717, 1.165) is 89.9 Å². The highest BCUT2D eigenvalue weighted by molar-refractivity contribution is 7.46. The van der Waals surface area contributed by atoms with E-state index < -0.39 is 32.5 Å². The first kappa shape index (κ1) is 51.0. The van der Waals surface area contributed by atoms with Crippen LogP contribution in [0.2, 0.25) is 0 Å². The molecule has 8 nitrogen and oxygen atoms in total. The standard InChI is InChI=1S/C45H73O8P/c1-3-5-7-9-11-13-15-17-19-20-21-22-23-24-26-28-30-32-34-36-38-40-45(47)53-43(42-52-54(48,49)50)41-51-44(46)39-37-35-33-31-29-27-25-18-16-14-12-10-8-6-4-2/h5-8,11-14,17-19,21-22,25,29,31,43H,3-4,9-10,15-16,20,23-24,26-28,30,32-42H2,1-2H3,(H2,48,49,50)/b7-5-,8-6-,13-11-,14-12-,19-17-,22-21-,25-18-,31-29-. The second-order valence-corrected chi connectivity index (χ2v) is 14.4. The van der Waals surface area contributed by atoms with Gasteiger partial charge in [-0.3, -0.25) is 14.1 Å². The summed E-state index contributed by atoms with van der Waals surface area (Å²) in [5, 5.41) is 0. The lowest BCUT2D eigenvalue weighted by Crippen LogP contribution is -2.29. The maximum absolute atomic E-state index is 12.4. The van der Waals surface area contributed by atoms with Gasteiger partial charge in [-0.2, -0.15) is 0 Å². The van der Waals surface area contributed by atoms with E-state index in [4.69, 9.17) is 19.3 Å². The van der Waals surface area contributed by atoms with Crippen molar-refractivity contribution < 1.29 is 37.9 Å². The van der Waals surface area contributed by atoms with Crippen molar-refractivity contribution in [3.05, 3.63) is 97.2 Å². The van der Waals surface area contributed by atoms with E-state index in [1.165, 1.54) is 25.7 Å². The number of phosphoric ester groups is 1. The van der Waals surface area contributed by atoms with Gasteiger partial charge in [-0.15, -0.1) is 0 Å². The number of unbranched alkanes of at least 4 members (excludes halogenated alkanes) is 10. The maximum Gasteiger partial charge on any atom is 0.469 e. The van der Waals surface area contributed by atoms with Gasteiger partial charge in [0.05, 0.1) is 6.61 Å². The Morgan fingerprint density at radius 2 is 0.833 bits per heavy atom. The van der Waals surface area contributed by atoms with Gasteiger partial charge in [0.2, 0.25) is 0 Å². The Balaban J connectivity index is 4.02. The van der Waals surface area contributed by atoms with Gasteiger partial charge in [0.1, 0.15) is 6.61 Å². The Hall–Kier alpha value is -3.03. The zero-order valence-corrected chi connectivity index (χ0v) is 34.5. The van der Waals surface area contributed by atoms with Crippen LogP contribution in [-0.2, 0) is 28.2 Å². The van der Waals surface area contributed by atoms with Crippen molar-refractivity contribution in [1.82, 2.24) is 0 Å². The van der Waals surface area contributed by atoms with E-state index in [1.54, 1.807) is 0 Å². The van der Waals surface area contributed by atoms with Crippen molar-refractivity contribution in [2.75, 3.05) is 13.2 Å². The first-order valence-electron chi connectivity index (χ1n) is 20.5. The van der Waals surface area contributed by atoms with Gasteiger partial charge < -0.3 is 19.3 Å². The molecule has 0 rings (SSSR count). The van der Waals surface area contributed by atoms with Crippen molar-refractivity contribution in [2.24, 2.45) is 0 Å². The molecule has 0 heterocycles. The van der Waals surface area contributed by atoms with Gasteiger partial charge in [-0.25, -0.2) is 4.57 Å². The average molecular weight is 773 g/mol. The number of ether oxygens (including phenoxy) is 2. The van der Waals surface area contributed by atoms with Gasteiger partial charge in [-0.1, -0.05) is 150 Å². The third-order valence-corrected chi connectivity index (χ3v) is 8.58. The summed E-state index contributed by atoms with van der Waals surface area (Å²) < 4.78 is 26.3. The summed E-state index contributed by atoms with van der Waals surface area (Å²) in [5.41, 5.74) is 0. The third kappa shape index (κ3) is 41.7. The molecule has 9 heteroatoms. The summed E-state index contributed by atoms with van der Waals surface area (Å²) in [6, 6.07) is 0. The molecule has 0 bridgehead atoms. The highest BCUT2D eigenvalue weighted by Gasteiger charge is 2.22. The summed E-state index contributed by atoms with van der Waals surface area (Å²) in [7, 11) is -4.77. The molecule has 0 aliphatic carbocycles. The van der Waals surface area contributed by atoms with E-state index in [1.807, 2.05) is 0 Å². The Kier molecular flexibility index (Phi) is 37.4. The topological polar surface area (TPSA) is 119 Å². The van der Waals surface area contributed by atoms with Crippen molar-refractivity contribution in [3.8, 4) is 0 Å². The van der Waals surface area contributed by atoms with Crippen molar-refractivity contribution in [2.45, 2.75) is 161 Å². The molecule has 0 saturated carbocycles. The fourth-order valence-electron chi connectivity index (χ4n) is 5.12. The number of carbonyl (C=O) groups is 2. The minimum Gasteiger partial charge on any atom is -0.462 e. The number of carbonyl (C=O) groups excluding carboxylic acids is 2. The molecular weight excluding hydrogens is 699 g/mol. The molecule has 0 saturated heterocycles. The Bertz CT molecular complexity index is 1190. The minimum absolute atomic E-state index is 0.187. The van der Waals surface area contributed by atoms with Gasteiger partial charge in [-0.05, 0) is 89.9 Å². The molecule has 0 aliphatic heterocycles. The molecule has 0 aliphatic rings. The molecule has 0 fully saturated rings. The monoisotopic (exact) mass is 773 g/mol. The van der Waals surface area contributed by atoms with Crippen LogP contribution in [-0.4, -0.2) is 41.0 Å². The molecule has 306 valence electrons. The zero-order valence-electron chi connectivity index (χ0n) is 33.6. The summed E-state index contributed by atoms with van der Waals surface area (Å²) in [5.74, 6) is -0.953. The van der Waals surface area contributed by atoms with Gasteiger partial charge in [0.15, 0.2) is 6.10 Å². The minimum atomic E-state index is -4.77. The lowest BCUT2D eigenvalue weighted by Gasteiger charge is -2.18. The molecule has 54 heavy (non-hydrogen) atoms.